The maximum absolute atomic E-state index is 12.9. The third kappa shape index (κ3) is 63.7. The third-order valence-electron chi connectivity index (χ3n) is 15.0. The van der Waals surface area contributed by atoms with Gasteiger partial charge in [-0.15, -0.1) is 0 Å². The highest BCUT2D eigenvalue weighted by Crippen LogP contribution is 2.18. The summed E-state index contributed by atoms with van der Waals surface area (Å²) in [7, 11) is 0. The van der Waals surface area contributed by atoms with E-state index in [2.05, 4.69) is 93.7 Å². The molecule has 6 heteroatoms. The summed E-state index contributed by atoms with van der Waals surface area (Å²) in [5.41, 5.74) is 0. The highest BCUT2D eigenvalue weighted by Gasteiger charge is 2.19. The molecule has 0 spiro atoms. The van der Waals surface area contributed by atoms with Gasteiger partial charge in [-0.25, -0.2) is 0 Å². The van der Waals surface area contributed by atoms with Gasteiger partial charge < -0.3 is 14.2 Å². The Morgan fingerprint density at radius 2 is 0.500 bits per heavy atom. The molecule has 6 nitrogen and oxygen atoms in total. The van der Waals surface area contributed by atoms with Crippen LogP contribution in [0.3, 0.4) is 0 Å². The fourth-order valence-electron chi connectivity index (χ4n) is 9.92. The average Bonchev–Trinajstić information content (AvgIpc) is 3.44. The van der Waals surface area contributed by atoms with Gasteiger partial charge in [0.2, 0.25) is 0 Å². The van der Waals surface area contributed by atoms with E-state index in [0.717, 1.165) is 96.3 Å². The van der Waals surface area contributed by atoms with Crippen molar-refractivity contribution in [3.8, 4) is 0 Å². The van der Waals surface area contributed by atoms with Gasteiger partial charge in [0.05, 0.1) is 0 Å². The van der Waals surface area contributed by atoms with Crippen LogP contribution in [0.25, 0.3) is 0 Å². The molecule has 0 radical (unpaired) electrons. The van der Waals surface area contributed by atoms with E-state index in [1.165, 1.54) is 212 Å². The summed E-state index contributed by atoms with van der Waals surface area (Å²) in [6.45, 7) is 6.55. The van der Waals surface area contributed by atoms with Gasteiger partial charge in [-0.1, -0.05) is 331 Å². The van der Waals surface area contributed by atoms with E-state index in [4.69, 9.17) is 14.2 Å². The first kappa shape index (κ1) is 74.8. The van der Waals surface area contributed by atoms with Crippen molar-refractivity contribution in [3.05, 3.63) is 72.9 Å². The van der Waals surface area contributed by atoms with E-state index < -0.39 is 6.10 Å². The van der Waals surface area contributed by atoms with Crippen LogP contribution >= 0.6 is 0 Å². The molecule has 0 aromatic heterocycles. The molecule has 0 amide bonds. The first-order valence-electron chi connectivity index (χ1n) is 33.9. The van der Waals surface area contributed by atoms with Crippen LogP contribution in [0.15, 0.2) is 72.9 Å². The van der Waals surface area contributed by atoms with E-state index in [9.17, 15) is 14.4 Å². The monoisotopic (exact) mass is 1090 g/mol. The van der Waals surface area contributed by atoms with Crippen molar-refractivity contribution in [2.75, 3.05) is 13.2 Å². The van der Waals surface area contributed by atoms with Crippen LogP contribution in [0, 0.1) is 0 Å². The third-order valence-corrected chi connectivity index (χ3v) is 15.0. The Labute approximate surface area is 484 Å². The topological polar surface area (TPSA) is 78.9 Å². The summed E-state index contributed by atoms with van der Waals surface area (Å²) in [5, 5.41) is 0. The van der Waals surface area contributed by atoms with Gasteiger partial charge >= 0.3 is 17.9 Å². The zero-order valence-electron chi connectivity index (χ0n) is 51.9. The fraction of sp³-hybridized carbons (Fsp3) is 0.792. The number of allylic oxidation sites excluding steroid dienone is 12. The second-order valence-electron chi connectivity index (χ2n) is 22.7. The highest BCUT2D eigenvalue weighted by atomic mass is 16.6. The van der Waals surface area contributed by atoms with Gasteiger partial charge in [-0.3, -0.25) is 14.4 Å². The molecular weight excluding hydrogens is 961 g/mol. The Bertz CT molecular complexity index is 1440. The lowest BCUT2D eigenvalue weighted by molar-refractivity contribution is -0.167. The number of hydrogen-bond acceptors (Lipinski definition) is 6. The van der Waals surface area contributed by atoms with Crippen LogP contribution in [-0.4, -0.2) is 37.2 Å². The number of carbonyl (C=O) groups excluding carboxylic acids is 3. The maximum Gasteiger partial charge on any atom is 0.306 e. The van der Waals surface area contributed by atoms with Crippen LogP contribution in [0.5, 0.6) is 0 Å². The number of unbranched alkanes of at least 4 members (excludes halogenated alkanes) is 39. The van der Waals surface area contributed by atoms with Crippen LogP contribution in [0.1, 0.15) is 348 Å². The highest BCUT2D eigenvalue weighted by molar-refractivity contribution is 5.71. The largest absolute Gasteiger partial charge is 0.462 e. The number of hydrogen-bond donors (Lipinski definition) is 0. The molecular formula is C72H128O6. The van der Waals surface area contributed by atoms with E-state index in [1.807, 2.05) is 0 Å². The zero-order chi connectivity index (χ0) is 56.4. The molecule has 1 atom stereocenters. The van der Waals surface area contributed by atoms with Crippen LogP contribution in [-0.2, 0) is 28.6 Å². The minimum atomic E-state index is -0.773. The number of ether oxygens (including phenoxy) is 3. The molecule has 1 unspecified atom stereocenters. The molecule has 0 aliphatic rings. The number of esters is 3. The maximum atomic E-state index is 12.9. The number of carbonyl (C=O) groups is 3. The molecule has 0 bridgehead atoms. The Morgan fingerprint density at radius 3 is 0.782 bits per heavy atom. The van der Waals surface area contributed by atoms with E-state index in [0.29, 0.717) is 19.3 Å². The van der Waals surface area contributed by atoms with Crippen molar-refractivity contribution >= 4 is 17.9 Å². The zero-order valence-corrected chi connectivity index (χ0v) is 51.9. The van der Waals surface area contributed by atoms with Crippen molar-refractivity contribution in [2.45, 2.75) is 354 Å². The summed E-state index contributed by atoms with van der Waals surface area (Å²) in [5.74, 6) is -0.859. The molecule has 0 saturated heterocycles. The molecule has 0 aromatic rings. The molecule has 0 saturated carbocycles. The minimum Gasteiger partial charge on any atom is -0.462 e. The fourth-order valence-corrected chi connectivity index (χ4v) is 9.92. The van der Waals surface area contributed by atoms with Gasteiger partial charge in [0.25, 0.3) is 0 Å². The lowest BCUT2D eigenvalue weighted by atomic mass is 10.0. The lowest BCUT2D eigenvalue weighted by Crippen LogP contribution is -2.30. The summed E-state index contributed by atoms with van der Waals surface area (Å²) in [4.78, 5) is 38.3. The predicted molar refractivity (Wildman–Crippen MR) is 339 cm³/mol. The summed E-state index contributed by atoms with van der Waals surface area (Å²) in [6.07, 6.45) is 86.5. The van der Waals surface area contributed by atoms with Crippen LogP contribution in [0.4, 0.5) is 0 Å². The molecule has 0 N–H and O–H groups in total. The lowest BCUT2D eigenvalue weighted by Gasteiger charge is -2.18. The standard InChI is InChI=1S/C72H128O6/c1-4-7-10-13-16-19-21-23-25-27-29-31-33-34-35-36-37-38-39-41-42-44-46-48-50-53-56-59-62-65-71(74)77-68-69(67-76-70(73)64-61-58-55-52-18-15-12-9-6-3)78-72(75)66-63-60-57-54-51-49-47-45-43-40-32-30-28-26-24-22-20-17-14-11-8-5-2/h7,10,16,19,23,25,29,31,34-35,37-38,69H,4-6,8-9,11-15,17-18,20-22,24,26-28,30,32-33,36,39-68H2,1-3H3/b10-7-,19-16-,25-23-,31-29-,35-34-,38-37-. The van der Waals surface area contributed by atoms with Gasteiger partial charge in [-0.2, -0.15) is 0 Å². The van der Waals surface area contributed by atoms with Crippen molar-refractivity contribution in [1.82, 2.24) is 0 Å². The van der Waals surface area contributed by atoms with E-state index in [1.54, 1.807) is 0 Å². The molecule has 0 heterocycles. The average molecular weight is 1090 g/mol. The van der Waals surface area contributed by atoms with Crippen molar-refractivity contribution < 1.29 is 28.6 Å². The molecule has 0 rings (SSSR count). The summed E-state index contributed by atoms with van der Waals surface area (Å²) < 4.78 is 16.9. The Kier molecular flexibility index (Phi) is 63.7. The summed E-state index contributed by atoms with van der Waals surface area (Å²) in [6, 6.07) is 0. The van der Waals surface area contributed by atoms with E-state index >= 15 is 0 Å². The first-order chi connectivity index (χ1) is 38.5. The predicted octanol–water partition coefficient (Wildman–Crippen LogP) is 23.3. The molecule has 78 heavy (non-hydrogen) atoms. The molecule has 0 aromatic carbocycles. The van der Waals surface area contributed by atoms with Crippen molar-refractivity contribution in [1.29, 1.82) is 0 Å². The molecule has 0 fully saturated rings. The first-order valence-corrected chi connectivity index (χ1v) is 33.9. The van der Waals surface area contributed by atoms with Crippen molar-refractivity contribution in [3.63, 3.8) is 0 Å². The smallest absolute Gasteiger partial charge is 0.306 e. The molecule has 0 aliphatic heterocycles. The normalized spacial score (nSPS) is 12.5. The Morgan fingerprint density at radius 1 is 0.269 bits per heavy atom. The SMILES string of the molecule is CC/C=C\C/C=C\C/C=C\C/C=C\C/C=C\C/C=C\CCCCCCCCCCCCC(=O)OCC(COC(=O)CCCCCCCCCCC)OC(=O)CCCCCCCCCCCCCCCCCCCCCCCC. The molecule has 0 aliphatic carbocycles. The Balaban J connectivity index is 4.16. The second-order valence-corrected chi connectivity index (χ2v) is 22.7. The van der Waals surface area contributed by atoms with Gasteiger partial charge in [0, 0.05) is 19.3 Å². The summed E-state index contributed by atoms with van der Waals surface area (Å²) >= 11 is 0. The molecule has 452 valence electrons. The second kappa shape index (κ2) is 66.4. The van der Waals surface area contributed by atoms with Gasteiger partial charge in [0.15, 0.2) is 6.10 Å². The van der Waals surface area contributed by atoms with Gasteiger partial charge in [0.1, 0.15) is 13.2 Å². The number of rotatable bonds is 62. The quantitative estimate of drug-likeness (QED) is 0.0261. The van der Waals surface area contributed by atoms with E-state index in [-0.39, 0.29) is 31.1 Å². The minimum absolute atomic E-state index is 0.0713. The van der Waals surface area contributed by atoms with Crippen LogP contribution in [0.2, 0.25) is 0 Å². The van der Waals surface area contributed by atoms with Crippen LogP contribution < -0.4 is 0 Å². The van der Waals surface area contributed by atoms with Crippen molar-refractivity contribution in [2.24, 2.45) is 0 Å². The van der Waals surface area contributed by atoms with Gasteiger partial charge in [-0.05, 0) is 70.6 Å². The Hall–Kier alpha value is -3.15.